The first kappa shape index (κ1) is 25.3. The molecule has 6 atom stereocenters. The third-order valence-corrected chi connectivity index (χ3v) is 4.12. The SMILES string of the molecule is CC(=O)OC1[C@H](OCC(C)C)[C@H](OC(C)=O)C(O)[C@H](OC(C)=O)[C@H]1OCC(C)C. The molecule has 168 valence electrons. The maximum Gasteiger partial charge on any atom is 0.303 e. The Bertz CT molecular complexity index is 520. The third-order valence-electron chi connectivity index (χ3n) is 4.12. The van der Waals surface area contributed by atoms with Crippen LogP contribution in [0.25, 0.3) is 0 Å². The molecule has 1 aliphatic carbocycles. The van der Waals surface area contributed by atoms with Gasteiger partial charge in [0.2, 0.25) is 0 Å². The molecule has 0 aliphatic heterocycles. The second kappa shape index (κ2) is 11.5. The maximum atomic E-state index is 11.8. The van der Waals surface area contributed by atoms with Crippen LogP contribution >= 0.6 is 0 Å². The minimum atomic E-state index is -1.43. The molecule has 0 aromatic rings. The van der Waals surface area contributed by atoms with Crippen molar-refractivity contribution in [1.82, 2.24) is 0 Å². The Morgan fingerprint density at radius 3 is 1.24 bits per heavy atom. The van der Waals surface area contributed by atoms with Crippen LogP contribution in [0.3, 0.4) is 0 Å². The zero-order chi connectivity index (χ0) is 22.3. The number of ether oxygens (including phenoxy) is 5. The first-order valence-corrected chi connectivity index (χ1v) is 9.86. The molecule has 1 aliphatic rings. The van der Waals surface area contributed by atoms with E-state index in [0.29, 0.717) is 0 Å². The summed E-state index contributed by atoms with van der Waals surface area (Å²) in [5.41, 5.74) is 0. The van der Waals surface area contributed by atoms with E-state index < -0.39 is 54.5 Å². The lowest BCUT2D eigenvalue weighted by Crippen LogP contribution is -2.67. The van der Waals surface area contributed by atoms with Crippen molar-refractivity contribution in [3.05, 3.63) is 0 Å². The van der Waals surface area contributed by atoms with Gasteiger partial charge in [-0.2, -0.15) is 0 Å². The van der Waals surface area contributed by atoms with Crippen molar-refractivity contribution in [1.29, 1.82) is 0 Å². The molecular formula is C20H34O9. The van der Waals surface area contributed by atoms with E-state index in [1.807, 2.05) is 27.7 Å². The van der Waals surface area contributed by atoms with Crippen LogP contribution in [-0.2, 0) is 38.1 Å². The van der Waals surface area contributed by atoms with Crippen LogP contribution in [0.2, 0.25) is 0 Å². The van der Waals surface area contributed by atoms with Gasteiger partial charge in [-0.3, -0.25) is 14.4 Å². The van der Waals surface area contributed by atoms with Gasteiger partial charge in [0.15, 0.2) is 18.3 Å². The molecule has 0 spiro atoms. The first-order chi connectivity index (χ1) is 13.4. The molecule has 9 nitrogen and oxygen atoms in total. The predicted molar refractivity (Wildman–Crippen MR) is 102 cm³/mol. The second-order valence-corrected chi connectivity index (χ2v) is 8.10. The van der Waals surface area contributed by atoms with Gasteiger partial charge in [0.1, 0.15) is 18.3 Å². The zero-order valence-corrected chi connectivity index (χ0v) is 18.2. The highest BCUT2D eigenvalue weighted by molar-refractivity contribution is 5.68. The summed E-state index contributed by atoms with van der Waals surface area (Å²) in [6.45, 7) is 11.8. The summed E-state index contributed by atoms with van der Waals surface area (Å²) in [6.07, 6.45) is -6.89. The average Bonchev–Trinajstić information content (AvgIpc) is 2.56. The van der Waals surface area contributed by atoms with Crippen LogP contribution in [0.15, 0.2) is 0 Å². The Morgan fingerprint density at radius 2 is 0.966 bits per heavy atom. The Hall–Kier alpha value is -1.71. The fourth-order valence-electron chi connectivity index (χ4n) is 3.11. The van der Waals surface area contributed by atoms with Crippen LogP contribution < -0.4 is 0 Å². The molecule has 29 heavy (non-hydrogen) atoms. The molecule has 0 heterocycles. The van der Waals surface area contributed by atoms with Crippen LogP contribution in [-0.4, -0.2) is 72.9 Å². The largest absolute Gasteiger partial charge is 0.457 e. The molecule has 0 aromatic heterocycles. The topological polar surface area (TPSA) is 118 Å². The van der Waals surface area contributed by atoms with Crippen molar-refractivity contribution in [2.24, 2.45) is 11.8 Å². The highest BCUT2D eigenvalue weighted by Crippen LogP contribution is 2.33. The quantitative estimate of drug-likeness (QED) is 0.436. The number of aliphatic hydroxyl groups is 1. The van der Waals surface area contributed by atoms with E-state index in [1.165, 1.54) is 20.8 Å². The molecule has 9 heteroatoms. The molecule has 1 N–H and O–H groups in total. The van der Waals surface area contributed by atoms with Gasteiger partial charge in [0.25, 0.3) is 0 Å². The lowest BCUT2D eigenvalue weighted by Gasteiger charge is -2.47. The summed E-state index contributed by atoms with van der Waals surface area (Å²) in [6, 6.07) is 0. The lowest BCUT2D eigenvalue weighted by molar-refractivity contribution is -0.263. The fraction of sp³-hybridized carbons (Fsp3) is 0.850. The van der Waals surface area contributed by atoms with Gasteiger partial charge in [0, 0.05) is 34.0 Å². The average molecular weight is 418 g/mol. The minimum absolute atomic E-state index is 0.129. The Balaban J connectivity index is 3.37. The summed E-state index contributed by atoms with van der Waals surface area (Å²) in [5.74, 6) is -1.66. The van der Waals surface area contributed by atoms with Gasteiger partial charge >= 0.3 is 17.9 Å². The number of carbonyl (C=O) groups excluding carboxylic acids is 3. The fourth-order valence-corrected chi connectivity index (χ4v) is 3.11. The summed E-state index contributed by atoms with van der Waals surface area (Å²) >= 11 is 0. The summed E-state index contributed by atoms with van der Waals surface area (Å²) in [4.78, 5) is 35.1. The van der Waals surface area contributed by atoms with Gasteiger partial charge in [-0.25, -0.2) is 0 Å². The van der Waals surface area contributed by atoms with E-state index in [2.05, 4.69) is 0 Å². The molecule has 0 aromatic carbocycles. The summed E-state index contributed by atoms with van der Waals surface area (Å²) in [5, 5.41) is 10.9. The normalized spacial score (nSPS) is 29.6. The number of esters is 3. The van der Waals surface area contributed by atoms with E-state index in [0.717, 1.165) is 0 Å². The number of aliphatic hydroxyl groups excluding tert-OH is 1. The van der Waals surface area contributed by atoms with E-state index in [-0.39, 0.29) is 25.0 Å². The lowest BCUT2D eigenvalue weighted by atomic mass is 9.83. The van der Waals surface area contributed by atoms with Crippen molar-refractivity contribution >= 4 is 17.9 Å². The van der Waals surface area contributed by atoms with Crippen LogP contribution in [0.1, 0.15) is 48.5 Å². The van der Waals surface area contributed by atoms with Crippen LogP contribution in [0.4, 0.5) is 0 Å². The predicted octanol–water partition coefficient (Wildman–Crippen LogP) is 1.24. The van der Waals surface area contributed by atoms with Crippen molar-refractivity contribution < 1.29 is 43.2 Å². The Morgan fingerprint density at radius 1 is 0.655 bits per heavy atom. The van der Waals surface area contributed by atoms with Crippen molar-refractivity contribution in [3.63, 3.8) is 0 Å². The number of rotatable bonds is 9. The molecule has 0 amide bonds. The second-order valence-electron chi connectivity index (χ2n) is 8.10. The highest BCUT2D eigenvalue weighted by atomic mass is 16.6. The summed E-state index contributed by atoms with van der Waals surface area (Å²) in [7, 11) is 0. The molecular weight excluding hydrogens is 384 g/mol. The minimum Gasteiger partial charge on any atom is -0.457 e. The van der Waals surface area contributed by atoms with Gasteiger partial charge in [-0.15, -0.1) is 0 Å². The van der Waals surface area contributed by atoms with Gasteiger partial charge in [0.05, 0.1) is 0 Å². The monoisotopic (exact) mass is 418 g/mol. The van der Waals surface area contributed by atoms with Crippen LogP contribution in [0.5, 0.6) is 0 Å². The Kier molecular flexibility index (Phi) is 10.0. The van der Waals surface area contributed by atoms with E-state index in [4.69, 9.17) is 23.7 Å². The standard InChI is InChI=1S/C20H34O9/c1-10(2)8-25-18-16(27-12(5)21)15(24)17(28-13(6)22)19(26-9-11(3)4)20(18)29-14(7)23/h10-11,15-20,24H,8-9H2,1-7H3/t15?,16-,17+,18-,19-,20?/m1/s1. The highest BCUT2D eigenvalue weighted by Gasteiger charge is 2.56. The number of carbonyl (C=O) groups is 3. The molecule has 2 unspecified atom stereocenters. The van der Waals surface area contributed by atoms with Crippen LogP contribution in [0, 0.1) is 11.8 Å². The molecule has 1 saturated carbocycles. The molecule has 0 bridgehead atoms. The summed E-state index contributed by atoms with van der Waals surface area (Å²) < 4.78 is 27.9. The van der Waals surface area contributed by atoms with Gasteiger partial charge in [-0.1, -0.05) is 27.7 Å². The Labute approximate surface area is 172 Å². The molecule has 0 radical (unpaired) electrons. The first-order valence-electron chi connectivity index (χ1n) is 9.86. The van der Waals surface area contributed by atoms with E-state index >= 15 is 0 Å². The van der Waals surface area contributed by atoms with Gasteiger partial charge < -0.3 is 28.8 Å². The van der Waals surface area contributed by atoms with E-state index in [1.54, 1.807) is 0 Å². The van der Waals surface area contributed by atoms with Crippen molar-refractivity contribution in [2.75, 3.05) is 13.2 Å². The third kappa shape index (κ3) is 7.91. The van der Waals surface area contributed by atoms with Crippen molar-refractivity contribution in [3.8, 4) is 0 Å². The molecule has 1 fully saturated rings. The number of hydrogen-bond donors (Lipinski definition) is 1. The number of hydrogen-bond acceptors (Lipinski definition) is 9. The zero-order valence-electron chi connectivity index (χ0n) is 18.2. The maximum absolute atomic E-state index is 11.8. The van der Waals surface area contributed by atoms with Gasteiger partial charge in [-0.05, 0) is 11.8 Å². The van der Waals surface area contributed by atoms with Crippen molar-refractivity contribution in [2.45, 2.75) is 85.1 Å². The molecule has 1 rings (SSSR count). The smallest absolute Gasteiger partial charge is 0.303 e. The molecule has 0 saturated heterocycles. The van der Waals surface area contributed by atoms with E-state index in [9.17, 15) is 19.5 Å².